The number of aliphatic hydroxyl groups is 1. The summed E-state index contributed by atoms with van der Waals surface area (Å²) in [5.41, 5.74) is 0. The van der Waals surface area contributed by atoms with Gasteiger partial charge in [-0.3, -0.25) is 33.6 Å². The van der Waals surface area contributed by atoms with E-state index in [1.807, 2.05) is 0 Å². The summed E-state index contributed by atoms with van der Waals surface area (Å²) in [6.07, 6.45) is -15.6. The van der Waals surface area contributed by atoms with Crippen LogP contribution in [0.1, 0.15) is 48.5 Å². The van der Waals surface area contributed by atoms with Crippen molar-refractivity contribution in [3.8, 4) is 0 Å². The van der Waals surface area contributed by atoms with E-state index >= 15 is 0 Å². The Balaban J connectivity index is 2.48. The van der Waals surface area contributed by atoms with Crippen LogP contribution in [0.5, 0.6) is 0 Å². The van der Waals surface area contributed by atoms with Crippen LogP contribution in [0.25, 0.3) is 0 Å². The van der Waals surface area contributed by atoms with Crippen molar-refractivity contribution in [1.82, 2.24) is 0 Å². The predicted octanol–water partition coefficient (Wildman–Crippen LogP) is -1.40. The Bertz CT molecular complexity index is 1090. The summed E-state index contributed by atoms with van der Waals surface area (Å²) in [5, 5.41) is 10.6. The zero-order chi connectivity index (χ0) is 33.3. The maximum atomic E-state index is 12.1. The number of carbonyl (C=O) groups excluding carboxylic acids is 7. The lowest BCUT2D eigenvalue weighted by molar-refractivity contribution is -0.330. The molecular formula is C26H36O18. The standard InChI is InChI=1S/C26H36O18/c1-10(27)35-8-18-20(38-12(3)29)22(40-14(5)31)24(42-16(7)33)26(44-18)36-9-17-19(37-11(2)28)21(39-13(4)30)23(25(34)43-17)41-15(6)32/h17-26,34H,8-9H2,1-7H3/t17-,18-,19+,20-,21+,22+,23-,24-,25+,26+/m1/s1. The van der Waals surface area contributed by atoms with Crippen LogP contribution in [0.3, 0.4) is 0 Å². The molecule has 2 aliphatic heterocycles. The average molecular weight is 637 g/mol. The van der Waals surface area contributed by atoms with Crippen molar-refractivity contribution in [3.05, 3.63) is 0 Å². The smallest absolute Gasteiger partial charge is 0.303 e. The van der Waals surface area contributed by atoms with Gasteiger partial charge >= 0.3 is 41.8 Å². The van der Waals surface area contributed by atoms with Gasteiger partial charge in [-0.1, -0.05) is 0 Å². The summed E-state index contributed by atoms with van der Waals surface area (Å²) in [5.74, 6) is -5.94. The molecule has 2 saturated heterocycles. The Labute approximate surface area is 251 Å². The second kappa shape index (κ2) is 16.3. The number of carbonyl (C=O) groups is 7. The van der Waals surface area contributed by atoms with Crippen LogP contribution in [-0.4, -0.2) is 122 Å². The molecule has 44 heavy (non-hydrogen) atoms. The molecule has 0 aromatic rings. The lowest BCUT2D eigenvalue weighted by Gasteiger charge is -2.45. The molecule has 0 spiro atoms. The summed E-state index contributed by atoms with van der Waals surface area (Å²) < 4.78 is 53.7. The molecule has 0 radical (unpaired) electrons. The Kier molecular flexibility index (Phi) is 13.4. The Hall–Kier alpha value is -3.87. The third kappa shape index (κ3) is 10.7. The summed E-state index contributed by atoms with van der Waals surface area (Å²) in [4.78, 5) is 83.0. The number of hydrogen-bond donors (Lipinski definition) is 1. The number of esters is 7. The fraction of sp³-hybridized carbons (Fsp3) is 0.731. The minimum absolute atomic E-state index is 0.523. The van der Waals surface area contributed by atoms with Gasteiger partial charge in [-0.05, 0) is 0 Å². The van der Waals surface area contributed by atoms with Crippen molar-refractivity contribution in [2.24, 2.45) is 0 Å². The van der Waals surface area contributed by atoms with E-state index in [1.54, 1.807) is 0 Å². The zero-order valence-electron chi connectivity index (χ0n) is 25.1. The first-order valence-corrected chi connectivity index (χ1v) is 13.3. The SMILES string of the molecule is CC(=O)OC[C@H]1O[C@H](OC[C@H]2O[C@H](O)[C@H](OC(C)=O)[C@@H](OC(C)=O)[C@H]2OC(C)=O)[C@H](OC(C)=O)[C@@H](OC(C)=O)[C@@H]1OC(C)=O. The van der Waals surface area contributed by atoms with Gasteiger partial charge in [0.25, 0.3) is 0 Å². The molecule has 18 heteroatoms. The highest BCUT2D eigenvalue weighted by molar-refractivity contribution is 5.69. The number of rotatable bonds is 11. The van der Waals surface area contributed by atoms with E-state index < -0.39 is 116 Å². The fourth-order valence-corrected chi connectivity index (χ4v) is 4.52. The van der Waals surface area contributed by atoms with Crippen molar-refractivity contribution in [2.75, 3.05) is 13.2 Å². The molecular weight excluding hydrogens is 600 g/mol. The largest absolute Gasteiger partial charge is 0.463 e. The van der Waals surface area contributed by atoms with Crippen LogP contribution in [-0.2, 0) is 80.9 Å². The molecule has 0 aliphatic carbocycles. The summed E-state index contributed by atoms with van der Waals surface area (Å²) >= 11 is 0. The van der Waals surface area contributed by atoms with Gasteiger partial charge in [0.15, 0.2) is 49.2 Å². The molecule has 2 heterocycles. The molecule has 18 nitrogen and oxygen atoms in total. The van der Waals surface area contributed by atoms with Crippen LogP contribution in [0.4, 0.5) is 0 Å². The van der Waals surface area contributed by atoms with E-state index in [-0.39, 0.29) is 0 Å². The molecule has 0 unspecified atom stereocenters. The zero-order valence-corrected chi connectivity index (χ0v) is 25.1. The van der Waals surface area contributed by atoms with E-state index in [9.17, 15) is 38.7 Å². The number of hydrogen-bond acceptors (Lipinski definition) is 18. The molecule has 2 aliphatic rings. The normalized spacial score (nSPS) is 31.5. The lowest BCUT2D eigenvalue weighted by Crippen LogP contribution is -2.64. The van der Waals surface area contributed by atoms with Crippen LogP contribution in [0.15, 0.2) is 0 Å². The third-order valence-electron chi connectivity index (χ3n) is 5.89. The van der Waals surface area contributed by atoms with Gasteiger partial charge in [0.05, 0.1) is 6.61 Å². The minimum atomic E-state index is -1.90. The van der Waals surface area contributed by atoms with Gasteiger partial charge in [0.1, 0.15) is 18.8 Å². The highest BCUT2D eigenvalue weighted by atomic mass is 16.7. The minimum Gasteiger partial charge on any atom is -0.463 e. The first-order valence-electron chi connectivity index (χ1n) is 13.3. The first kappa shape index (κ1) is 36.3. The highest BCUT2D eigenvalue weighted by Crippen LogP contribution is 2.32. The molecule has 248 valence electrons. The summed E-state index contributed by atoms with van der Waals surface area (Å²) in [6.45, 7) is 6.15. The maximum absolute atomic E-state index is 12.1. The molecule has 2 fully saturated rings. The fourth-order valence-electron chi connectivity index (χ4n) is 4.52. The highest BCUT2D eigenvalue weighted by Gasteiger charge is 2.55. The molecule has 0 bridgehead atoms. The van der Waals surface area contributed by atoms with E-state index in [0.29, 0.717) is 0 Å². The van der Waals surface area contributed by atoms with Crippen LogP contribution < -0.4 is 0 Å². The molecule has 0 aromatic heterocycles. The van der Waals surface area contributed by atoms with Crippen molar-refractivity contribution in [1.29, 1.82) is 0 Å². The van der Waals surface area contributed by atoms with Crippen molar-refractivity contribution in [3.63, 3.8) is 0 Å². The van der Waals surface area contributed by atoms with Gasteiger partial charge in [-0.2, -0.15) is 0 Å². The Morgan fingerprint density at radius 1 is 0.477 bits per heavy atom. The van der Waals surface area contributed by atoms with E-state index in [4.69, 9.17) is 47.4 Å². The number of ether oxygens (including phenoxy) is 10. The predicted molar refractivity (Wildman–Crippen MR) is 135 cm³/mol. The van der Waals surface area contributed by atoms with Crippen LogP contribution in [0.2, 0.25) is 0 Å². The second-order valence-corrected chi connectivity index (χ2v) is 9.69. The van der Waals surface area contributed by atoms with Crippen molar-refractivity contribution < 1.29 is 86.0 Å². The van der Waals surface area contributed by atoms with E-state index in [0.717, 1.165) is 48.5 Å². The van der Waals surface area contributed by atoms with Gasteiger partial charge < -0.3 is 52.5 Å². The summed E-state index contributed by atoms with van der Waals surface area (Å²) in [6, 6.07) is 0. The maximum Gasteiger partial charge on any atom is 0.303 e. The topological polar surface area (TPSA) is 232 Å². The van der Waals surface area contributed by atoms with E-state index in [2.05, 4.69) is 0 Å². The quantitative estimate of drug-likeness (QED) is 0.203. The third-order valence-corrected chi connectivity index (χ3v) is 5.89. The molecule has 10 atom stereocenters. The van der Waals surface area contributed by atoms with Crippen LogP contribution >= 0.6 is 0 Å². The Morgan fingerprint density at radius 3 is 1.27 bits per heavy atom. The first-order chi connectivity index (χ1) is 20.5. The van der Waals surface area contributed by atoms with Crippen molar-refractivity contribution >= 4 is 41.8 Å². The molecule has 1 N–H and O–H groups in total. The van der Waals surface area contributed by atoms with Gasteiger partial charge in [-0.15, -0.1) is 0 Å². The van der Waals surface area contributed by atoms with Gasteiger partial charge in [-0.25, -0.2) is 0 Å². The number of aliphatic hydroxyl groups excluding tert-OH is 1. The summed E-state index contributed by atoms with van der Waals surface area (Å²) in [7, 11) is 0. The van der Waals surface area contributed by atoms with Gasteiger partial charge in [0.2, 0.25) is 0 Å². The van der Waals surface area contributed by atoms with Crippen LogP contribution in [0, 0.1) is 0 Å². The van der Waals surface area contributed by atoms with Gasteiger partial charge in [0, 0.05) is 48.5 Å². The molecule has 0 saturated carbocycles. The average Bonchev–Trinajstić information content (AvgIpc) is 2.87. The molecule has 0 amide bonds. The van der Waals surface area contributed by atoms with Crippen molar-refractivity contribution in [2.45, 2.75) is 110 Å². The molecule has 2 rings (SSSR count). The lowest BCUT2D eigenvalue weighted by atomic mass is 9.97. The second-order valence-electron chi connectivity index (χ2n) is 9.69. The molecule has 0 aromatic carbocycles. The monoisotopic (exact) mass is 636 g/mol. The Morgan fingerprint density at radius 2 is 0.841 bits per heavy atom. The van der Waals surface area contributed by atoms with E-state index in [1.165, 1.54) is 0 Å².